The minimum Gasteiger partial charge on any atom is -0.486 e. The molecule has 0 saturated heterocycles. The van der Waals surface area contributed by atoms with Gasteiger partial charge in [-0.15, -0.1) is 0 Å². The van der Waals surface area contributed by atoms with Crippen LogP contribution in [-0.2, 0) is 6.61 Å². The molecule has 0 aromatic heterocycles. The van der Waals surface area contributed by atoms with Gasteiger partial charge in [0.2, 0.25) is 0 Å². The Balaban J connectivity index is 2.06. The lowest BCUT2D eigenvalue weighted by atomic mass is 10.2. The van der Waals surface area contributed by atoms with E-state index in [1.165, 1.54) is 0 Å². The highest BCUT2D eigenvalue weighted by atomic mass is 35.5. The average Bonchev–Trinajstić information content (AvgIpc) is 2.56. The van der Waals surface area contributed by atoms with Crippen molar-refractivity contribution in [1.29, 1.82) is 0 Å². The molecule has 2 aromatic carbocycles. The maximum atomic E-state index is 6.27. The van der Waals surface area contributed by atoms with Crippen molar-refractivity contribution in [1.82, 2.24) is 10.7 Å². The second-order valence-electron chi connectivity index (χ2n) is 5.07. The van der Waals surface area contributed by atoms with Crippen LogP contribution < -0.4 is 15.5 Å². The Morgan fingerprint density at radius 1 is 1.12 bits per heavy atom. The number of thiocarbonyl (C=S) groups is 1. The monoisotopic (exact) mass is 449 g/mol. The van der Waals surface area contributed by atoms with Gasteiger partial charge in [0, 0.05) is 22.2 Å². The van der Waals surface area contributed by atoms with E-state index in [0.29, 0.717) is 43.1 Å². The third kappa shape index (κ3) is 6.18. The van der Waals surface area contributed by atoms with Crippen molar-refractivity contribution in [3.05, 3.63) is 61.5 Å². The van der Waals surface area contributed by atoms with Crippen molar-refractivity contribution in [3.63, 3.8) is 0 Å². The summed E-state index contributed by atoms with van der Waals surface area (Å²) < 4.78 is 5.72. The minimum atomic E-state index is 0.210. The van der Waals surface area contributed by atoms with Crippen molar-refractivity contribution in [3.8, 4) is 5.75 Å². The van der Waals surface area contributed by atoms with Gasteiger partial charge in [0.05, 0.1) is 16.3 Å². The molecule has 0 aliphatic carbocycles. The SMILES string of the molecule is CCNC(=S)NN=Cc1cc(Cl)c(OCc2ccc(Cl)cc2Cl)c(Cl)c1. The van der Waals surface area contributed by atoms with Crippen molar-refractivity contribution in [2.75, 3.05) is 6.54 Å². The zero-order chi connectivity index (χ0) is 19.1. The normalized spacial score (nSPS) is 10.8. The van der Waals surface area contributed by atoms with Gasteiger partial charge in [-0.3, -0.25) is 5.43 Å². The van der Waals surface area contributed by atoms with Crippen molar-refractivity contribution < 1.29 is 4.74 Å². The van der Waals surface area contributed by atoms with Crippen LogP contribution in [0.3, 0.4) is 0 Å². The number of benzene rings is 2. The van der Waals surface area contributed by atoms with E-state index in [1.807, 2.05) is 6.92 Å². The van der Waals surface area contributed by atoms with E-state index in [4.69, 9.17) is 63.4 Å². The lowest BCUT2D eigenvalue weighted by Crippen LogP contribution is -2.31. The fourth-order valence-corrected chi connectivity index (χ4v) is 3.22. The molecule has 0 atom stereocenters. The standard InChI is InChI=1S/C17H15Cl4N3OS/c1-2-22-17(26)24-23-8-10-5-14(20)16(15(21)6-10)25-9-11-3-4-12(18)7-13(11)19/h3-8H,2,9H2,1H3,(H2,22,24,26). The summed E-state index contributed by atoms with van der Waals surface area (Å²) in [5.74, 6) is 0.368. The molecular weight excluding hydrogens is 436 g/mol. The molecule has 4 nitrogen and oxygen atoms in total. The predicted molar refractivity (Wildman–Crippen MR) is 114 cm³/mol. The van der Waals surface area contributed by atoms with Crippen LogP contribution in [0.4, 0.5) is 0 Å². The number of hydrogen-bond acceptors (Lipinski definition) is 3. The molecule has 0 aliphatic heterocycles. The lowest BCUT2D eigenvalue weighted by molar-refractivity contribution is 0.306. The highest BCUT2D eigenvalue weighted by molar-refractivity contribution is 7.80. The van der Waals surface area contributed by atoms with E-state index in [0.717, 1.165) is 5.56 Å². The quantitative estimate of drug-likeness (QED) is 0.336. The molecule has 9 heteroatoms. The zero-order valence-electron chi connectivity index (χ0n) is 13.7. The Labute approximate surface area is 177 Å². The Morgan fingerprint density at radius 3 is 2.42 bits per heavy atom. The van der Waals surface area contributed by atoms with Gasteiger partial charge >= 0.3 is 0 Å². The number of ether oxygens (including phenoxy) is 1. The predicted octanol–water partition coefficient (Wildman–Crippen LogP) is 5.70. The number of nitrogens with zero attached hydrogens (tertiary/aromatic N) is 1. The van der Waals surface area contributed by atoms with Gasteiger partial charge in [-0.1, -0.05) is 52.5 Å². The van der Waals surface area contributed by atoms with Crippen LogP contribution >= 0.6 is 58.6 Å². The summed E-state index contributed by atoms with van der Waals surface area (Å²) in [4.78, 5) is 0. The van der Waals surface area contributed by atoms with Crippen LogP contribution in [0.1, 0.15) is 18.1 Å². The summed E-state index contributed by atoms with van der Waals surface area (Å²) in [5.41, 5.74) is 4.16. The first-order valence-electron chi connectivity index (χ1n) is 7.53. The van der Waals surface area contributed by atoms with Crippen LogP contribution in [0.15, 0.2) is 35.4 Å². The molecule has 0 spiro atoms. The fourth-order valence-electron chi connectivity index (χ4n) is 1.95. The van der Waals surface area contributed by atoms with E-state index < -0.39 is 0 Å². The molecule has 0 amide bonds. The number of nitrogens with one attached hydrogen (secondary N) is 2. The number of hydrazone groups is 1. The summed E-state index contributed by atoms with van der Waals surface area (Å²) in [7, 11) is 0. The molecule has 0 heterocycles. The smallest absolute Gasteiger partial charge is 0.186 e. The maximum absolute atomic E-state index is 6.27. The number of rotatable bonds is 6. The van der Waals surface area contributed by atoms with Crippen LogP contribution in [-0.4, -0.2) is 17.9 Å². The first-order chi connectivity index (χ1) is 12.4. The van der Waals surface area contributed by atoms with Crippen molar-refractivity contribution in [2.24, 2.45) is 5.10 Å². The van der Waals surface area contributed by atoms with Crippen molar-refractivity contribution in [2.45, 2.75) is 13.5 Å². The van der Waals surface area contributed by atoms with E-state index >= 15 is 0 Å². The average molecular weight is 451 g/mol. The fraction of sp³-hybridized carbons (Fsp3) is 0.176. The van der Waals surface area contributed by atoms with Gasteiger partial charge in [0.25, 0.3) is 0 Å². The summed E-state index contributed by atoms with van der Waals surface area (Å²) in [6, 6.07) is 8.54. The minimum absolute atomic E-state index is 0.210. The van der Waals surface area contributed by atoms with Crippen LogP contribution in [0, 0.1) is 0 Å². The van der Waals surface area contributed by atoms with Gasteiger partial charge < -0.3 is 10.1 Å². The largest absolute Gasteiger partial charge is 0.486 e. The molecule has 0 radical (unpaired) electrons. The third-order valence-corrected chi connectivity index (χ3v) is 4.51. The van der Waals surface area contributed by atoms with Gasteiger partial charge in [0.1, 0.15) is 6.61 Å². The van der Waals surface area contributed by atoms with Crippen LogP contribution in [0.2, 0.25) is 20.1 Å². The summed E-state index contributed by atoms with van der Waals surface area (Å²) >= 11 is 29.6. The highest BCUT2D eigenvalue weighted by Crippen LogP contribution is 2.35. The molecule has 0 unspecified atom stereocenters. The molecule has 0 bridgehead atoms. The second-order valence-corrected chi connectivity index (χ2v) is 7.13. The topological polar surface area (TPSA) is 45.7 Å². The number of hydrogen-bond donors (Lipinski definition) is 2. The van der Waals surface area contributed by atoms with Crippen molar-refractivity contribution >= 4 is 69.9 Å². The summed E-state index contributed by atoms with van der Waals surface area (Å²) in [6.45, 7) is 2.86. The van der Waals surface area contributed by atoms with E-state index in [-0.39, 0.29) is 6.61 Å². The van der Waals surface area contributed by atoms with E-state index in [9.17, 15) is 0 Å². The third-order valence-electron chi connectivity index (χ3n) is 3.12. The summed E-state index contributed by atoms with van der Waals surface area (Å²) in [5, 5.41) is 9.15. The maximum Gasteiger partial charge on any atom is 0.186 e. The molecular formula is C17H15Cl4N3OS. The van der Waals surface area contributed by atoms with Gasteiger partial charge in [-0.2, -0.15) is 5.10 Å². The van der Waals surface area contributed by atoms with Crippen LogP contribution in [0.5, 0.6) is 5.75 Å². The lowest BCUT2D eigenvalue weighted by Gasteiger charge is -2.12. The molecule has 26 heavy (non-hydrogen) atoms. The van der Waals surface area contributed by atoms with Gasteiger partial charge in [0.15, 0.2) is 10.9 Å². The molecule has 0 aliphatic rings. The number of halogens is 4. The molecule has 138 valence electrons. The molecule has 2 N–H and O–H groups in total. The first kappa shape index (κ1) is 21.1. The van der Waals surface area contributed by atoms with Crippen LogP contribution in [0.25, 0.3) is 0 Å². The Morgan fingerprint density at radius 2 is 1.81 bits per heavy atom. The highest BCUT2D eigenvalue weighted by Gasteiger charge is 2.11. The van der Waals surface area contributed by atoms with E-state index in [2.05, 4.69) is 15.8 Å². The molecule has 0 fully saturated rings. The Hall–Kier alpha value is -1.24. The molecule has 0 saturated carbocycles. The van der Waals surface area contributed by atoms with E-state index in [1.54, 1.807) is 36.5 Å². The zero-order valence-corrected chi connectivity index (χ0v) is 17.5. The summed E-state index contributed by atoms with van der Waals surface area (Å²) in [6.07, 6.45) is 1.56. The first-order valence-corrected chi connectivity index (χ1v) is 9.45. The Kier molecular flexibility index (Phi) is 8.25. The molecule has 2 aromatic rings. The molecule has 2 rings (SSSR count). The van der Waals surface area contributed by atoms with Gasteiger partial charge in [-0.05, 0) is 49.0 Å². The Bertz CT molecular complexity index is 807. The second kappa shape index (κ2) is 10.2. The van der Waals surface area contributed by atoms with Gasteiger partial charge in [-0.25, -0.2) is 0 Å².